The maximum absolute atomic E-state index is 14.1. The number of hydrogen-bond donors (Lipinski definition) is 4. The van der Waals surface area contributed by atoms with Gasteiger partial charge < -0.3 is 21.7 Å². The van der Waals surface area contributed by atoms with Crippen LogP contribution in [0.2, 0.25) is 0 Å². The van der Waals surface area contributed by atoms with Crippen LogP contribution in [-0.4, -0.2) is 56.7 Å². The number of carbonyl (C=O) groups is 6. The molecule has 6 N–H and O–H groups in total. The molecule has 12 nitrogen and oxygen atoms in total. The summed E-state index contributed by atoms with van der Waals surface area (Å²) in [6.45, 7) is 0. The Bertz CT molecular complexity index is 2780. The average molecular weight is 737 g/mol. The van der Waals surface area contributed by atoms with E-state index in [4.69, 9.17) is 11.5 Å². The molecule has 0 atom stereocenters. The molecule has 0 aliphatic heterocycles. The van der Waals surface area contributed by atoms with Gasteiger partial charge in [-0.15, -0.1) is 0 Å². The Morgan fingerprint density at radius 1 is 0.357 bits per heavy atom. The molecule has 6 aromatic rings. The normalized spacial score (nSPS) is 14.4. The Kier molecular flexibility index (Phi) is 7.35. The number of anilines is 2. The zero-order chi connectivity index (χ0) is 39.2. The number of benzene rings is 6. The van der Waals surface area contributed by atoms with E-state index in [1.165, 1.54) is 60.7 Å². The SMILES string of the molecule is Nc1c(C(O)=Nc2ccc(N=C(O)c3ccc4c(c3N)C(=O)c3ccccc3C4=O)c3c2C(=O)c2ccccc2C3=O)ccc2c1C(=O)c1ccccc1C2=O. The number of aliphatic hydroxyl groups excluding tert-OH is 2. The molecule has 0 spiro atoms. The molecule has 0 bridgehead atoms. The highest BCUT2D eigenvalue weighted by molar-refractivity contribution is 6.34. The lowest BCUT2D eigenvalue weighted by molar-refractivity contribution is 0.0979. The summed E-state index contributed by atoms with van der Waals surface area (Å²) in [5.41, 5.74) is 12.2. The van der Waals surface area contributed by atoms with E-state index in [9.17, 15) is 39.0 Å². The molecule has 0 aromatic heterocycles. The third-order valence-electron chi connectivity index (χ3n) is 10.2. The van der Waals surface area contributed by atoms with E-state index >= 15 is 0 Å². The number of fused-ring (bicyclic) bond motifs is 6. The van der Waals surface area contributed by atoms with Crippen molar-refractivity contribution in [2.45, 2.75) is 0 Å². The topological polar surface area (TPSA) is 220 Å². The Balaban J connectivity index is 1.17. The average Bonchev–Trinajstić information content (AvgIpc) is 3.21. The van der Waals surface area contributed by atoms with Gasteiger partial charge in [-0.2, -0.15) is 0 Å². The Hall–Kier alpha value is -8.12. The first-order valence-corrected chi connectivity index (χ1v) is 17.1. The maximum atomic E-state index is 14.1. The Labute approximate surface area is 316 Å². The van der Waals surface area contributed by atoms with E-state index in [1.54, 1.807) is 48.5 Å². The second kappa shape index (κ2) is 12.2. The maximum Gasteiger partial charge on any atom is 0.220 e. The molecule has 0 unspecified atom stereocenters. The largest absolute Gasteiger partial charge is 0.493 e. The van der Waals surface area contributed by atoms with Gasteiger partial charge in [0.1, 0.15) is 0 Å². The minimum atomic E-state index is -0.715. The molecule has 3 aliphatic rings. The van der Waals surface area contributed by atoms with Crippen LogP contribution in [0.5, 0.6) is 0 Å². The molecule has 0 amide bonds. The van der Waals surface area contributed by atoms with Gasteiger partial charge in [0, 0.05) is 44.5 Å². The number of carbonyl (C=O) groups excluding carboxylic acids is 6. The summed E-state index contributed by atoms with van der Waals surface area (Å²) in [6.07, 6.45) is 0. The van der Waals surface area contributed by atoms with Crippen LogP contribution in [0.25, 0.3) is 0 Å². The van der Waals surface area contributed by atoms with Gasteiger partial charge in [0.15, 0.2) is 34.7 Å². The molecule has 0 heterocycles. The second-order valence-corrected chi connectivity index (χ2v) is 13.2. The molecule has 56 heavy (non-hydrogen) atoms. The molecule has 0 fully saturated rings. The highest BCUT2D eigenvalue weighted by atomic mass is 16.3. The number of nitrogens with two attached hydrogens (primary N) is 2. The summed E-state index contributed by atoms with van der Waals surface area (Å²) in [5.74, 6) is -4.55. The molecular weight excluding hydrogens is 713 g/mol. The van der Waals surface area contributed by atoms with Gasteiger partial charge >= 0.3 is 0 Å². The predicted octanol–water partition coefficient (Wildman–Crippen LogP) is 6.45. The fourth-order valence-electron chi connectivity index (χ4n) is 7.54. The molecule has 3 aliphatic carbocycles. The van der Waals surface area contributed by atoms with Gasteiger partial charge in [0.25, 0.3) is 0 Å². The molecular formula is C44H24N4O8. The minimum Gasteiger partial charge on any atom is -0.493 e. The first kappa shape index (κ1) is 33.7. The quantitative estimate of drug-likeness (QED) is 0.0879. The van der Waals surface area contributed by atoms with Crippen molar-refractivity contribution in [3.63, 3.8) is 0 Å². The van der Waals surface area contributed by atoms with E-state index in [0.29, 0.717) is 0 Å². The monoisotopic (exact) mass is 736 g/mol. The fourth-order valence-corrected chi connectivity index (χ4v) is 7.54. The third-order valence-corrected chi connectivity index (χ3v) is 10.2. The van der Waals surface area contributed by atoms with Crippen molar-refractivity contribution in [3.05, 3.63) is 187 Å². The zero-order valence-electron chi connectivity index (χ0n) is 28.8. The van der Waals surface area contributed by atoms with Crippen LogP contribution in [-0.2, 0) is 0 Å². The van der Waals surface area contributed by atoms with Crippen LogP contribution in [0.15, 0.2) is 119 Å². The van der Waals surface area contributed by atoms with Crippen molar-refractivity contribution in [2.75, 3.05) is 11.5 Å². The van der Waals surface area contributed by atoms with Crippen LogP contribution < -0.4 is 11.5 Å². The number of nitrogens with zero attached hydrogens (tertiary/aromatic N) is 2. The van der Waals surface area contributed by atoms with E-state index in [-0.39, 0.29) is 101 Å². The zero-order valence-corrected chi connectivity index (χ0v) is 28.8. The van der Waals surface area contributed by atoms with Crippen LogP contribution in [0, 0.1) is 0 Å². The molecule has 0 radical (unpaired) electrons. The number of aliphatic hydroxyl groups is 2. The summed E-state index contributed by atoms with van der Waals surface area (Å²) in [6, 6.07) is 26.7. The first-order chi connectivity index (χ1) is 27.0. The lowest BCUT2D eigenvalue weighted by atomic mass is 9.82. The second-order valence-electron chi connectivity index (χ2n) is 13.2. The molecule has 6 aromatic carbocycles. The highest BCUT2D eigenvalue weighted by Gasteiger charge is 2.37. The molecule has 12 heteroatoms. The summed E-state index contributed by atoms with van der Waals surface area (Å²) in [7, 11) is 0. The van der Waals surface area contributed by atoms with Crippen molar-refractivity contribution in [1.29, 1.82) is 0 Å². The Morgan fingerprint density at radius 3 is 0.964 bits per heavy atom. The lowest BCUT2D eigenvalue weighted by Gasteiger charge is -2.22. The van der Waals surface area contributed by atoms with Gasteiger partial charge in [-0.25, -0.2) is 9.98 Å². The number of aliphatic imine (C=N–C) groups is 2. The van der Waals surface area contributed by atoms with Gasteiger partial charge in [-0.1, -0.05) is 72.8 Å². The van der Waals surface area contributed by atoms with E-state index in [2.05, 4.69) is 9.98 Å². The summed E-state index contributed by atoms with van der Waals surface area (Å²) in [4.78, 5) is 90.3. The van der Waals surface area contributed by atoms with E-state index in [0.717, 1.165) is 0 Å². The minimum absolute atomic E-state index is 0.0554. The van der Waals surface area contributed by atoms with Crippen molar-refractivity contribution < 1.29 is 39.0 Å². The summed E-state index contributed by atoms with van der Waals surface area (Å²) < 4.78 is 0. The van der Waals surface area contributed by atoms with Crippen LogP contribution in [0.1, 0.15) is 107 Å². The third kappa shape index (κ3) is 4.72. The fraction of sp³-hybridized carbons (Fsp3) is 0. The molecule has 268 valence electrons. The van der Waals surface area contributed by atoms with Crippen molar-refractivity contribution in [3.8, 4) is 0 Å². The number of ketones is 6. The number of nitrogen functional groups attached to an aromatic ring is 2. The van der Waals surface area contributed by atoms with E-state index < -0.39 is 46.5 Å². The van der Waals surface area contributed by atoms with Gasteiger partial charge in [0.05, 0.1) is 56.1 Å². The smallest absolute Gasteiger partial charge is 0.220 e. The Morgan fingerprint density at radius 2 is 0.643 bits per heavy atom. The van der Waals surface area contributed by atoms with E-state index in [1.807, 2.05) is 0 Å². The lowest BCUT2D eigenvalue weighted by Crippen LogP contribution is -2.24. The van der Waals surface area contributed by atoms with Crippen LogP contribution >= 0.6 is 0 Å². The molecule has 0 saturated heterocycles. The predicted molar refractivity (Wildman–Crippen MR) is 206 cm³/mol. The van der Waals surface area contributed by atoms with Crippen molar-refractivity contribution in [2.24, 2.45) is 9.98 Å². The first-order valence-electron chi connectivity index (χ1n) is 17.1. The summed E-state index contributed by atoms with van der Waals surface area (Å²) >= 11 is 0. The molecule has 0 saturated carbocycles. The van der Waals surface area contributed by atoms with Crippen LogP contribution in [0.3, 0.4) is 0 Å². The van der Waals surface area contributed by atoms with Crippen molar-refractivity contribution >= 4 is 69.2 Å². The number of hydrogen-bond acceptors (Lipinski definition) is 10. The van der Waals surface area contributed by atoms with Gasteiger partial charge in [-0.05, 0) is 36.4 Å². The van der Waals surface area contributed by atoms with Gasteiger partial charge in [-0.3, -0.25) is 28.8 Å². The summed E-state index contributed by atoms with van der Waals surface area (Å²) in [5, 5.41) is 22.8. The van der Waals surface area contributed by atoms with Crippen LogP contribution in [0.4, 0.5) is 22.7 Å². The number of rotatable bonds is 4. The molecule has 9 rings (SSSR count). The van der Waals surface area contributed by atoms with Crippen molar-refractivity contribution in [1.82, 2.24) is 0 Å². The highest BCUT2D eigenvalue weighted by Crippen LogP contribution is 2.41. The van der Waals surface area contributed by atoms with Gasteiger partial charge in [0.2, 0.25) is 11.8 Å². The standard InChI is InChI=1S/C44H24N4O8/c45-35-27(15-13-25-31(35)39(51)21-9-3-1-7-19(21)37(25)49)43(55)47-29-17-18-30(34-33(29)41(53)23-11-5-6-12-24(23)42(34)54)48-44(56)28-16-14-26-32(36(28)46)40(52)22-10-4-2-8-20(22)38(26)50/h1-18H,45-46H2,(H,47,55)(H,48,56).